The van der Waals surface area contributed by atoms with Crippen molar-refractivity contribution in [1.29, 1.82) is 0 Å². The Labute approximate surface area is 204 Å². The second kappa shape index (κ2) is 11.0. The highest BCUT2D eigenvalue weighted by Gasteiger charge is 2.18. The monoisotopic (exact) mass is 475 g/mol. The summed E-state index contributed by atoms with van der Waals surface area (Å²) in [6.07, 6.45) is 0. The lowest BCUT2D eigenvalue weighted by atomic mass is 10.1. The fourth-order valence-electron chi connectivity index (χ4n) is 3.27. The molecule has 0 aliphatic heterocycles. The Balaban J connectivity index is 1.66. The Morgan fingerprint density at radius 3 is 2.06 bits per heavy atom. The molecule has 4 rings (SSSR count). The molecular weight excluding hydrogens is 450 g/mol. The standard InChI is InChI=1S/C27H26ClN3O3/c1-31(2)17-18-33-22-13-15-23(16-14-22)34-27-24(19-7-5-4-6-8-19)25(28)29-26(30-27)20-9-11-21(32-3)12-10-20/h4-16H,17-18H2,1-3H3. The molecule has 0 amide bonds. The van der Waals surface area contributed by atoms with Crippen molar-refractivity contribution in [3.63, 3.8) is 0 Å². The molecule has 3 aromatic carbocycles. The summed E-state index contributed by atoms with van der Waals surface area (Å²) in [4.78, 5) is 11.3. The second-order valence-electron chi connectivity index (χ2n) is 7.84. The summed E-state index contributed by atoms with van der Waals surface area (Å²) in [7, 11) is 5.65. The van der Waals surface area contributed by atoms with Crippen molar-refractivity contribution in [2.75, 3.05) is 34.4 Å². The molecule has 0 atom stereocenters. The first-order valence-corrected chi connectivity index (χ1v) is 11.2. The van der Waals surface area contributed by atoms with Crippen LogP contribution in [0.3, 0.4) is 0 Å². The second-order valence-corrected chi connectivity index (χ2v) is 8.20. The van der Waals surface area contributed by atoms with Crippen LogP contribution in [0.25, 0.3) is 22.5 Å². The summed E-state index contributed by atoms with van der Waals surface area (Å²) in [5.41, 5.74) is 2.30. The molecule has 4 aromatic rings. The fraction of sp³-hybridized carbons (Fsp3) is 0.185. The zero-order valence-corrected chi connectivity index (χ0v) is 20.1. The zero-order valence-electron chi connectivity index (χ0n) is 19.4. The molecule has 0 bridgehead atoms. The molecule has 0 radical (unpaired) electrons. The number of benzene rings is 3. The molecule has 34 heavy (non-hydrogen) atoms. The quantitative estimate of drug-likeness (QED) is 0.268. The third kappa shape index (κ3) is 5.84. The van der Waals surface area contributed by atoms with Gasteiger partial charge in [-0.3, -0.25) is 0 Å². The molecular formula is C27H26ClN3O3. The molecule has 0 fully saturated rings. The number of hydrogen-bond donors (Lipinski definition) is 0. The first-order valence-electron chi connectivity index (χ1n) is 10.9. The maximum Gasteiger partial charge on any atom is 0.232 e. The van der Waals surface area contributed by atoms with E-state index in [9.17, 15) is 0 Å². The number of aromatic nitrogens is 2. The van der Waals surface area contributed by atoms with Crippen molar-refractivity contribution in [1.82, 2.24) is 14.9 Å². The number of ether oxygens (including phenoxy) is 3. The predicted molar refractivity (Wildman–Crippen MR) is 135 cm³/mol. The molecule has 1 aromatic heterocycles. The molecule has 174 valence electrons. The highest BCUT2D eigenvalue weighted by molar-refractivity contribution is 6.32. The van der Waals surface area contributed by atoms with Crippen molar-refractivity contribution in [2.24, 2.45) is 0 Å². The van der Waals surface area contributed by atoms with Crippen molar-refractivity contribution in [3.8, 4) is 45.6 Å². The van der Waals surface area contributed by atoms with E-state index in [1.165, 1.54) is 0 Å². The molecule has 0 N–H and O–H groups in total. The maximum atomic E-state index is 6.67. The number of halogens is 1. The van der Waals surface area contributed by atoms with E-state index in [0.29, 0.717) is 34.8 Å². The lowest BCUT2D eigenvalue weighted by Gasteiger charge is -2.14. The van der Waals surface area contributed by atoms with Crippen LogP contribution in [-0.4, -0.2) is 49.2 Å². The smallest absolute Gasteiger partial charge is 0.232 e. The van der Waals surface area contributed by atoms with Crippen LogP contribution in [0.1, 0.15) is 0 Å². The van der Waals surface area contributed by atoms with Crippen LogP contribution >= 0.6 is 11.6 Å². The van der Waals surface area contributed by atoms with Crippen LogP contribution < -0.4 is 14.2 Å². The number of methoxy groups -OCH3 is 1. The zero-order chi connectivity index (χ0) is 23.9. The minimum Gasteiger partial charge on any atom is -0.497 e. The van der Waals surface area contributed by atoms with E-state index < -0.39 is 0 Å². The highest BCUT2D eigenvalue weighted by Crippen LogP contribution is 2.38. The van der Waals surface area contributed by atoms with Crippen LogP contribution in [0.5, 0.6) is 23.1 Å². The lowest BCUT2D eigenvalue weighted by molar-refractivity contribution is 0.261. The minimum absolute atomic E-state index is 0.311. The van der Waals surface area contributed by atoms with E-state index in [0.717, 1.165) is 29.2 Å². The first-order chi connectivity index (χ1) is 16.5. The van der Waals surface area contributed by atoms with Gasteiger partial charge in [0.15, 0.2) is 5.82 Å². The van der Waals surface area contributed by atoms with Gasteiger partial charge in [0.1, 0.15) is 29.0 Å². The molecule has 7 heteroatoms. The Bertz CT molecular complexity index is 1210. The Hall–Kier alpha value is -3.61. The van der Waals surface area contributed by atoms with Crippen LogP contribution in [0.4, 0.5) is 0 Å². The average molecular weight is 476 g/mol. The summed E-state index contributed by atoms with van der Waals surface area (Å²) in [5, 5.41) is 0.311. The average Bonchev–Trinajstić information content (AvgIpc) is 2.85. The summed E-state index contributed by atoms with van der Waals surface area (Å²) >= 11 is 6.67. The molecule has 6 nitrogen and oxygen atoms in total. The lowest BCUT2D eigenvalue weighted by Crippen LogP contribution is -2.19. The molecule has 0 aliphatic carbocycles. The van der Waals surface area contributed by atoms with E-state index >= 15 is 0 Å². The van der Waals surface area contributed by atoms with Gasteiger partial charge in [0.25, 0.3) is 0 Å². The fourth-order valence-corrected chi connectivity index (χ4v) is 3.54. The van der Waals surface area contributed by atoms with Gasteiger partial charge in [0.05, 0.1) is 12.7 Å². The Kier molecular flexibility index (Phi) is 7.62. The summed E-state index contributed by atoms with van der Waals surface area (Å²) in [5.74, 6) is 2.98. The third-order valence-corrected chi connectivity index (χ3v) is 5.36. The SMILES string of the molecule is COc1ccc(-c2nc(Cl)c(-c3ccccc3)c(Oc3ccc(OCCN(C)C)cc3)n2)cc1. The predicted octanol–water partition coefficient (Wildman–Crippen LogP) is 6.21. The van der Waals surface area contributed by atoms with Crippen LogP contribution in [0, 0.1) is 0 Å². The molecule has 1 heterocycles. The van der Waals surface area contributed by atoms with E-state index in [2.05, 4.69) is 9.88 Å². The summed E-state index contributed by atoms with van der Waals surface area (Å²) < 4.78 is 17.3. The number of likely N-dealkylation sites (N-methyl/N-ethyl adjacent to an activating group) is 1. The summed E-state index contributed by atoms with van der Waals surface area (Å²) in [6.45, 7) is 1.45. The van der Waals surface area contributed by atoms with E-state index in [-0.39, 0.29) is 0 Å². The Morgan fingerprint density at radius 2 is 1.41 bits per heavy atom. The minimum atomic E-state index is 0.311. The van der Waals surface area contributed by atoms with Crippen molar-refractivity contribution < 1.29 is 14.2 Å². The largest absolute Gasteiger partial charge is 0.497 e. The van der Waals surface area contributed by atoms with Crippen LogP contribution in [0.2, 0.25) is 5.15 Å². The van der Waals surface area contributed by atoms with Gasteiger partial charge in [-0.1, -0.05) is 41.9 Å². The first kappa shape index (κ1) is 23.5. The van der Waals surface area contributed by atoms with Gasteiger partial charge in [0, 0.05) is 12.1 Å². The van der Waals surface area contributed by atoms with Crippen LogP contribution in [0.15, 0.2) is 78.9 Å². The van der Waals surface area contributed by atoms with Gasteiger partial charge < -0.3 is 19.1 Å². The van der Waals surface area contributed by atoms with Gasteiger partial charge in [-0.15, -0.1) is 0 Å². The molecule has 0 saturated carbocycles. The van der Waals surface area contributed by atoms with Gasteiger partial charge >= 0.3 is 0 Å². The van der Waals surface area contributed by atoms with Crippen molar-refractivity contribution in [2.45, 2.75) is 0 Å². The van der Waals surface area contributed by atoms with E-state index in [1.807, 2.05) is 93.0 Å². The normalized spacial score (nSPS) is 10.9. The molecule has 0 aliphatic rings. The van der Waals surface area contributed by atoms with E-state index in [4.69, 9.17) is 30.8 Å². The van der Waals surface area contributed by atoms with E-state index in [1.54, 1.807) is 7.11 Å². The van der Waals surface area contributed by atoms with Gasteiger partial charge in [-0.25, -0.2) is 4.98 Å². The highest BCUT2D eigenvalue weighted by atomic mass is 35.5. The van der Waals surface area contributed by atoms with Gasteiger partial charge in [-0.05, 0) is 68.2 Å². The Morgan fingerprint density at radius 1 is 0.765 bits per heavy atom. The molecule has 0 unspecified atom stereocenters. The maximum absolute atomic E-state index is 6.67. The van der Waals surface area contributed by atoms with Gasteiger partial charge in [0.2, 0.25) is 5.88 Å². The van der Waals surface area contributed by atoms with Crippen molar-refractivity contribution >= 4 is 11.6 Å². The number of rotatable bonds is 9. The third-order valence-electron chi connectivity index (χ3n) is 5.09. The number of hydrogen-bond acceptors (Lipinski definition) is 6. The number of nitrogens with zero attached hydrogens (tertiary/aromatic N) is 3. The molecule has 0 spiro atoms. The van der Waals surface area contributed by atoms with Crippen LogP contribution in [-0.2, 0) is 0 Å². The summed E-state index contributed by atoms with van der Waals surface area (Å²) in [6, 6.07) is 24.6. The topological polar surface area (TPSA) is 56.7 Å². The van der Waals surface area contributed by atoms with Crippen molar-refractivity contribution in [3.05, 3.63) is 84.0 Å². The molecule has 0 saturated heterocycles. The van der Waals surface area contributed by atoms with Gasteiger partial charge in [-0.2, -0.15) is 4.98 Å².